The van der Waals surface area contributed by atoms with Gasteiger partial charge in [0.15, 0.2) is 5.78 Å². The average molecular weight is 155 g/mol. The second-order valence-corrected chi connectivity index (χ2v) is 2.87. The molecule has 2 N–H and O–H groups in total. The Morgan fingerprint density at radius 2 is 2.64 bits per heavy atom. The second kappa shape index (κ2) is 3.53. The van der Waals surface area contributed by atoms with Gasteiger partial charge in [0.25, 0.3) is 0 Å². The van der Waals surface area contributed by atoms with Crippen LogP contribution in [0.1, 0.15) is 19.8 Å². The van der Waals surface area contributed by atoms with Gasteiger partial charge in [0.2, 0.25) is 0 Å². The molecular weight excluding hydrogens is 142 g/mol. The Labute approximate surface area is 66.2 Å². The van der Waals surface area contributed by atoms with E-state index in [2.05, 4.69) is 0 Å². The number of rotatable bonds is 3. The molecule has 1 aliphatic rings. The molecule has 1 rings (SSSR count). The molecule has 0 fully saturated rings. The molecule has 3 nitrogen and oxygen atoms in total. The molecule has 0 spiro atoms. The van der Waals surface area contributed by atoms with Gasteiger partial charge in [0, 0.05) is 24.5 Å². The molecule has 0 saturated heterocycles. The Bertz CT molecular complexity index is 185. The fourth-order valence-electron chi connectivity index (χ4n) is 1.02. The van der Waals surface area contributed by atoms with Crippen LogP contribution in [0, 0.1) is 0 Å². The van der Waals surface area contributed by atoms with E-state index in [-0.39, 0.29) is 11.8 Å². The van der Waals surface area contributed by atoms with E-state index < -0.39 is 0 Å². The number of hydrogen-bond donors (Lipinski definition) is 1. The fraction of sp³-hybridized carbons (Fsp3) is 0.625. The zero-order valence-corrected chi connectivity index (χ0v) is 6.67. The summed E-state index contributed by atoms with van der Waals surface area (Å²) in [6, 6.07) is -0.0519. The topological polar surface area (TPSA) is 52.3 Å². The van der Waals surface area contributed by atoms with Gasteiger partial charge in [-0.15, -0.1) is 0 Å². The lowest BCUT2D eigenvalue weighted by Gasteiger charge is -2.02. The monoisotopic (exact) mass is 155 g/mol. The van der Waals surface area contributed by atoms with E-state index in [0.717, 1.165) is 12.0 Å². The standard InChI is InChI=1S/C8H13NO2/c1-6(9)4-8(10)7-2-3-11-5-7/h5-6H,2-4,9H2,1H3/t6-/m1/s1. The van der Waals surface area contributed by atoms with Gasteiger partial charge < -0.3 is 10.5 Å². The summed E-state index contributed by atoms with van der Waals surface area (Å²) in [4.78, 5) is 11.2. The first kappa shape index (κ1) is 8.27. The molecule has 0 radical (unpaired) electrons. The Morgan fingerprint density at radius 3 is 3.09 bits per heavy atom. The van der Waals surface area contributed by atoms with Crippen LogP contribution in [0.2, 0.25) is 0 Å². The molecule has 0 bridgehead atoms. The predicted molar refractivity (Wildman–Crippen MR) is 41.9 cm³/mol. The van der Waals surface area contributed by atoms with Gasteiger partial charge in [0.05, 0.1) is 12.9 Å². The van der Waals surface area contributed by atoms with Gasteiger partial charge in [0.1, 0.15) is 0 Å². The minimum absolute atomic E-state index is 0.0519. The van der Waals surface area contributed by atoms with E-state index in [9.17, 15) is 4.79 Å². The van der Waals surface area contributed by atoms with E-state index in [1.165, 1.54) is 0 Å². The predicted octanol–water partition coefficient (Wildman–Crippen LogP) is 0.597. The highest BCUT2D eigenvalue weighted by molar-refractivity contribution is 5.95. The van der Waals surface area contributed by atoms with Gasteiger partial charge in [-0.25, -0.2) is 0 Å². The Morgan fingerprint density at radius 1 is 1.91 bits per heavy atom. The zero-order valence-electron chi connectivity index (χ0n) is 6.67. The molecule has 1 atom stereocenters. The van der Waals surface area contributed by atoms with E-state index in [0.29, 0.717) is 13.0 Å². The largest absolute Gasteiger partial charge is 0.500 e. The smallest absolute Gasteiger partial charge is 0.163 e. The lowest BCUT2D eigenvalue weighted by molar-refractivity contribution is -0.115. The van der Waals surface area contributed by atoms with Crippen molar-refractivity contribution in [2.24, 2.45) is 5.73 Å². The first-order valence-corrected chi connectivity index (χ1v) is 3.79. The molecule has 0 saturated carbocycles. The summed E-state index contributed by atoms with van der Waals surface area (Å²) in [6.45, 7) is 2.47. The molecule has 0 aliphatic carbocycles. The summed E-state index contributed by atoms with van der Waals surface area (Å²) in [6.07, 6.45) is 2.71. The highest BCUT2D eigenvalue weighted by Gasteiger charge is 2.15. The Hall–Kier alpha value is -0.830. The molecule has 1 heterocycles. The van der Waals surface area contributed by atoms with E-state index in [1.807, 2.05) is 6.92 Å². The van der Waals surface area contributed by atoms with Gasteiger partial charge in [-0.3, -0.25) is 4.79 Å². The molecule has 0 aromatic rings. The number of carbonyl (C=O) groups excluding carboxylic acids is 1. The number of hydrogen-bond acceptors (Lipinski definition) is 3. The number of ketones is 1. The van der Waals surface area contributed by atoms with Crippen molar-refractivity contribution in [2.45, 2.75) is 25.8 Å². The van der Waals surface area contributed by atoms with Crippen LogP contribution in [0.15, 0.2) is 11.8 Å². The van der Waals surface area contributed by atoms with Crippen molar-refractivity contribution < 1.29 is 9.53 Å². The van der Waals surface area contributed by atoms with Gasteiger partial charge in [-0.1, -0.05) is 0 Å². The Balaban J connectivity index is 2.41. The Kier molecular flexibility index (Phi) is 2.65. The maximum atomic E-state index is 11.2. The molecule has 3 heteroatoms. The van der Waals surface area contributed by atoms with Crippen molar-refractivity contribution in [1.29, 1.82) is 0 Å². The third kappa shape index (κ3) is 2.35. The molecule has 62 valence electrons. The SMILES string of the molecule is C[C@@H](N)CC(=O)C1=COCC1. The second-order valence-electron chi connectivity index (χ2n) is 2.87. The summed E-state index contributed by atoms with van der Waals surface area (Å²) in [5.74, 6) is 0.123. The van der Waals surface area contributed by atoms with Crippen LogP contribution in [0.4, 0.5) is 0 Å². The van der Waals surface area contributed by atoms with Crippen LogP contribution in [-0.2, 0) is 9.53 Å². The fourth-order valence-corrected chi connectivity index (χ4v) is 1.02. The first-order chi connectivity index (χ1) is 5.20. The van der Waals surface area contributed by atoms with Crippen LogP contribution in [0.25, 0.3) is 0 Å². The number of ether oxygens (including phenoxy) is 1. The molecule has 0 unspecified atom stereocenters. The highest BCUT2D eigenvalue weighted by Crippen LogP contribution is 2.13. The van der Waals surface area contributed by atoms with E-state index in [1.54, 1.807) is 6.26 Å². The maximum Gasteiger partial charge on any atom is 0.163 e. The summed E-state index contributed by atoms with van der Waals surface area (Å²) in [5.41, 5.74) is 6.25. The summed E-state index contributed by atoms with van der Waals surface area (Å²) >= 11 is 0. The first-order valence-electron chi connectivity index (χ1n) is 3.79. The van der Waals surface area contributed by atoms with Crippen LogP contribution < -0.4 is 5.73 Å². The van der Waals surface area contributed by atoms with Crippen LogP contribution in [-0.4, -0.2) is 18.4 Å². The number of nitrogens with two attached hydrogens (primary N) is 1. The number of Topliss-reactive ketones (excluding diaryl/α,β-unsaturated/α-hetero) is 1. The maximum absolute atomic E-state index is 11.2. The number of carbonyl (C=O) groups is 1. The summed E-state index contributed by atoms with van der Waals surface area (Å²) in [7, 11) is 0. The zero-order chi connectivity index (χ0) is 8.27. The summed E-state index contributed by atoms with van der Waals surface area (Å²) < 4.78 is 4.94. The lowest BCUT2D eigenvalue weighted by Crippen LogP contribution is -2.20. The quantitative estimate of drug-likeness (QED) is 0.649. The highest BCUT2D eigenvalue weighted by atomic mass is 16.5. The third-order valence-corrected chi connectivity index (χ3v) is 1.58. The van der Waals surface area contributed by atoms with Gasteiger partial charge in [-0.05, 0) is 6.92 Å². The molecule has 0 amide bonds. The van der Waals surface area contributed by atoms with Crippen molar-refractivity contribution in [3.63, 3.8) is 0 Å². The van der Waals surface area contributed by atoms with Crippen molar-refractivity contribution in [1.82, 2.24) is 0 Å². The third-order valence-electron chi connectivity index (χ3n) is 1.58. The van der Waals surface area contributed by atoms with Crippen molar-refractivity contribution in [2.75, 3.05) is 6.61 Å². The van der Waals surface area contributed by atoms with Crippen molar-refractivity contribution in [3.8, 4) is 0 Å². The minimum Gasteiger partial charge on any atom is -0.500 e. The molecule has 0 aromatic carbocycles. The molecular formula is C8H13NO2. The van der Waals surface area contributed by atoms with Gasteiger partial charge in [-0.2, -0.15) is 0 Å². The normalized spacial score (nSPS) is 18.9. The summed E-state index contributed by atoms with van der Waals surface area (Å²) in [5, 5.41) is 0. The van der Waals surface area contributed by atoms with Crippen LogP contribution >= 0.6 is 0 Å². The van der Waals surface area contributed by atoms with Crippen molar-refractivity contribution in [3.05, 3.63) is 11.8 Å². The molecule has 1 aliphatic heterocycles. The lowest BCUT2D eigenvalue weighted by atomic mass is 10.1. The van der Waals surface area contributed by atoms with Crippen LogP contribution in [0.5, 0.6) is 0 Å². The van der Waals surface area contributed by atoms with Crippen LogP contribution in [0.3, 0.4) is 0 Å². The molecule has 11 heavy (non-hydrogen) atoms. The van der Waals surface area contributed by atoms with Crippen molar-refractivity contribution >= 4 is 5.78 Å². The van der Waals surface area contributed by atoms with E-state index in [4.69, 9.17) is 10.5 Å². The molecule has 0 aromatic heterocycles. The van der Waals surface area contributed by atoms with Gasteiger partial charge >= 0.3 is 0 Å². The minimum atomic E-state index is -0.0519. The van der Waals surface area contributed by atoms with E-state index >= 15 is 0 Å². The average Bonchev–Trinajstić information content (AvgIpc) is 2.35.